The molecule has 1 heterocycles. The lowest BCUT2D eigenvalue weighted by Gasteiger charge is -2.14. The number of halogens is 3. The quantitative estimate of drug-likeness (QED) is 0.859. The van der Waals surface area contributed by atoms with E-state index in [1.54, 1.807) is 6.92 Å². The number of nitrogen functional groups attached to an aromatic ring is 1. The standard InChI is InChI=1S/C13H15F3N4/c1-7(2)20-8(3)18-19-12(20)10-5-4-9(6-11(10)17)13(14,15)16/h4-7H,17H2,1-3H3. The monoisotopic (exact) mass is 284 g/mol. The third kappa shape index (κ3) is 2.48. The summed E-state index contributed by atoms with van der Waals surface area (Å²) in [6.45, 7) is 5.68. The second kappa shape index (κ2) is 4.81. The Morgan fingerprint density at radius 3 is 2.35 bits per heavy atom. The molecule has 0 radical (unpaired) electrons. The number of nitrogens with two attached hydrogens (primary N) is 1. The van der Waals surface area contributed by atoms with Gasteiger partial charge in [-0.05, 0) is 39.0 Å². The zero-order valence-corrected chi connectivity index (χ0v) is 11.4. The molecule has 0 saturated carbocycles. The molecule has 0 aliphatic carbocycles. The van der Waals surface area contributed by atoms with Crippen molar-refractivity contribution in [3.05, 3.63) is 29.6 Å². The highest BCUT2D eigenvalue weighted by Gasteiger charge is 2.31. The largest absolute Gasteiger partial charge is 0.416 e. The molecule has 0 amide bonds. The van der Waals surface area contributed by atoms with E-state index in [1.807, 2.05) is 18.4 Å². The van der Waals surface area contributed by atoms with Gasteiger partial charge in [0, 0.05) is 17.3 Å². The topological polar surface area (TPSA) is 56.7 Å². The molecular formula is C13H15F3N4. The van der Waals surface area contributed by atoms with Crippen molar-refractivity contribution in [2.24, 2.45) is 0 Å². The number of rotatable bonds is 2. The molecule has 4 nitrogen and oxygen atoms in total. The number of hydrogen-bond acceptors (Lipinski definition) is 3. The molecule has 1 aromatic carbocycles. The maximum absolute atomic E-state index is 12.6. The van der Waals surface area contributed by atoms with Gasteiger partial charge in [0.05, 0.1) is 5.56 Å². The predicted molar refractivity (Wildman–Crippen MR) is 70.0 cm³/mol. The van der Waals surface area contributed by atoms with Gasteiger partial charge < -0.3 is 10.3 Å². The lowest BCUT2D eigenvalue weighted by Crippen LogP contribution is -2.09. The summed E-state index contributed by atoms with van der Waals surface area (Å²) in [6.07, 6.45) is -4.41. The van der Waals surface area contributed by atoms with Gasteiger partial charge in [0.15, 0.2) is 5.82 Å². The van der Waals surface area contributed by atoms with Crippen LogP contribution in [0.15, 0.2) is 18.2 Å². The van der Waals surface area contributed by atoms with Crippen molar-refractivity contribution < 1.29 is 13.2 Å². The van der Waals surface area contributed by atoms with Gasteiger partial charge in [-0.25, -0.2) is 0 Å². The van der Waals surface area contributed by atoms with Crippen LogP contribution in [0, 0.1) is 6.92 Å². The number of anilines is 1. The van der Waals surface area contributed by atoms with Crippen LogP contribution < -0.4 is 5.73 Å². The Balaban J connectivity index is 2.55. The first-order valence-corrected chi connectivity index (χ1v) is 6.10. The summed E-state index contributed by atoms with van der Waals surface area (Å²) in [5.41, 5.74) is 5.46. The highest BCUT2D eigenvalue weighted by Crippen LogP contribution is 2.34. The first-order valence-electron chi connectivity index (χ1n) is 6.10. The number of alkyl halides is 3. The molecule has 0 aliphatic rings. The first-order chi connectivity index (χ1) is 9.21. The van der Waals surface area contributed by atoms with Crippen LogP contribution in [0.5, 0.6) is 0 Å². The summed E-state index contributed by atoms with van der Waals surface area (Å²) in [7, 11) is 0. The SMILES string of the molecule is Cc1nnc(-c2ccc(C(F)(F)F)cc2N)n1C(C)C. The first kappa shape index (κ1) is 14.4. The van der Waals surface area contributed by atoms with Crippen LogP contribution in [-0.2, 0) is 6.18 Å². The predicted octanol–water partition coefficient (Wildman–Crippen LogP) is 3.44. The van der Waals surface area contributed by atoms with Gasteiger partial charge in [-0.3, -0.25) is 0 Å². The highest BCUT2D eigenvalue weighted by molar-refractivity contribution is 5.72. The van der Waals surface area contributed by atoms with Gasteiger partial charge >= 0.3 is 6.18 Å². The number of hydrogen-bond donors (Lipinski definition) is 1. The molecule has 0 atom stereocenters. The van der Waals surface area contributed by atoms with Crippen molar-refractivity contribution in [2.75, 3.05) is 5.73 Å². The van der Waals surface area contributed by atoms with Gasteiger partial charge in [0.25, 0.3) is 0 Å². The number of benzene rings is 1. The fraction of sp³-hybridized carbons (Fsp3) is 0.385. The summed E-state index contributed by atoms with van der Waals surface area (Å²) in [4.78, 5) is 0. The van der Waals surface area contributed by atoms with Gasteiger partial charge in [-0.15, -0.1) is 10.2 Å². The number of aromatic nitrogens is 3. The van der Waals surface area contributed by atoms with Crippen molar-refractivity contribution in [3.8, 4) is 11.4 Å². The van der Waals surface area contributed by atoms with E-state index in [0.717, 1.165) is 12.1 Å². The molecule has 2 N–H and O–H groups in total. The van der Waals surface area contributed by atoms with Crippen LogP contribution >= 0.6 is 0 Å². The molecule has 0 saturated heterocycles. The Morgan fingerprint density at radius 2 is 1.85 bits per heavy atom. The molecule has 0 fully saturated rings. The van der Waals surface area contributed by atoms with Crippen LogP contribution in [0.2, 0.25) is 0 Å². The molecule has 7 heteroatoms. The molecule has 2 aromatic rings. The van der Waals surface area contributed by atoms with Gasteiger partial charge in [-0.1, -0.05) is 0 Å². The number of nitrogens with zero attached hydrogens (tertiary/aromatic N) is 3. The zero-order valence-electron chi connectivity index (χ0n) is 11.4. The lowest BCUT2D eigenvalue weighted by molar-refractivity contribution is -0.137. The Kier molecular flexibility index (Phi) is 3.45. The average molecular weight is 284 g/mol. The Bertz CT molecular complexity index is 629. The van der Waals surface area contributed by atoms with E-state index in [1.165, 1.54) is 6.07 Å². The molecule has 2 rings (SSSR count). The van der Waals surface area contributed by atoms with E-state index in [2.05, 4.69) is 10.2 Å². The van der Waals surface area contributed by atoms with Crippen molar-refractivity contribution in [2.45, 2.75) is 33.0 Å². The Morgan fingerprint density at radius 1 is 1.20 bits per heavy atom. The second-order valence-corrected chi connectivity index (χ2v) is 4.83. The maximum atomic E-state index is 12.6. The minimum absolute atomic E-state index is 0.0362. The van der Waals surface area contributed by atoms with Crippen LogP contribution in [0.1, 0.15) is 31.3 Å². The van der Waals surface area contributed by atoms with E-state index in [9.17, 15) is 13.2 Å². The molecule has 20 heavy (non-hydrogen) atoms. The van der Waals surface area contributed by atoms with E-state index >= 15 is 0 Å². The number of aryl methyl sites for hydroxylation is 1. The van der Waals surface area contributed by atoms with E-state index in [0.29, 0.717) is 17.2 Å². The van der Waals surface area contributed by atoms with Crippen LogP contribution in [0.4, 0.5) is 18.9 Å². The third-order valence-corrected chi connectivity index (χ3v) is 3.00. The van der Waals surface area contributed by atoms with Crippen molar-refractivity contribution in [3.63, 3.8) is 0 Å². The van der Waals surface area contributed by atoms with Gasteiger partial charge in [0.1, 0.15) is 5.82 Å². The molecule has 0 bridgehead atoms. The van der Waals surface area contributed by atoms with Gasteiger partial charge in [0.2, 0.25) is 0 Å². The summed E-state index contributed by atoms with van der Waals surface area (Å²) < 4.78 is 39.7. The molecule has 0 spiro atoms. The Hall–Kier alpha value is -2.05. The van der Waals surface area contributed by atoms with E-state index in [-0.39, 0.29) is 11.7 Å². The van der Waals surface area contributed by atoms with Crippen LogP contribution in [-0.4, -0.2) is 14.8 Å². The van der Waals surface area contributed by atoms with E-state index < -0.39 is 11.7 Å². The maximum Gasteiger partial charge on any atom is 0.416 e. The third-order valence-electron chi connectivity index (χ3n) is 3.00. The summed E-state index contributed by atoms with van der Waals surface area (Å²) in [5, 5.41) is 7.97. The van der Waals surface area contributed by atoms with Gasteiger partial charge in [-0.2, -0.15) is 13.2 Å². The Labute approximate surface area is 114 Å². The van der Waals surface area contributed by atoms with Crippen molar-refractivity contribution in [1.29, 1.82) is 0 Å². The molecule has 1 aromatic heterocycles. The zero-order chi connectivity index (χ0) is 15.1. The fourth-order valence-electron chi connectivity index (χ4n) is 2.11. The normalized spacial score (nSPS) is 12.2. The summed E-state index contributed by atoms with van der Waals surface area (Å²) in [5.74, 6) is 1.16. The van der Waals surface area contributed by atoms with Crippen molar-refractivity contribution in [1.82, 2.24) is 14.8 Å². The van der Waals surface area contributed by atoms with E-state index in [4.69, 9.17) is 5.73 Å². The summed E-state index contributed by atoms with van der Waals surface area (Å²) in [6, 6.07) is 3.34. The van der Waals surface area contributed by atoms with Crippen LogP contribution in [0.25, 0.3) is 11.4 Å². The minimum atomic E-state index is -4.41. The van der Waals surface area contributed by atoms with Crippen molar-refractivity contribution >= 4 is 5.69 Å². The molecule has 0 aliphatic heterocycles. The second-order valence-electron chi connectivity index (χ2n) is 4.83. The average Bonchev–Trinajstić information content (AvgIpc) is 2.69. The summed E-state index contributed by atoms with van der Waals surface area (Å²) >= 11 is 0. The smallest absolute Gasteiger partial charge is 0.398 e. The molecular weight excluding hydrogens is 269 g/mol. The molecule has 108 valence electrons. The van der Waals surface area contributed by atoms with Crippen LogP contribution in [0.3, 0.4) is 0 Å². The highest BCUT2D eigenvalue weighted by atomic mass is 19.4. The minimum Gasteiger partial charge on any atom is -0.398 e. The fourth-order valence-corrected chi connectivity index (χ4v) is 2.11. The molecule has 0 unspecified atom stereocenters. The lowest BCUT2D eigenvalue weighted by atomic mass is 10.1.